The van der Waals surface area contributed by atoms with Crippen molar-refractivity contribution in [3.8, 4) is 5.75 Å². The summed E-state index contributed by atoms with van der Waals surface area (Å²) < 4.78 is 16.4. The molecular formula is C20H17N5O2S. The van der Waals surface area contributed by atoms with E-state index in [0.717, 1.165) is 33.6 Å². The Morgan fingerprint density at radius 3 is 2.89 bits per heavy atom. The van der Waals surface area contributed by atoms with Crippen molar-refractivity contribution in [1.82, 2.24) is 18.5 Å². The molecule has 0 aliphatic carbocycles. The van der Waals surface area contributed by atoms with E-state index in [2.05, 4.69) is 19.2 Å². The minimum atomic E-state index is -0.0468. The molecule has 2 aromatic carbocycles. The molecule has 2 aromatic heterocycles. The Labute approximate surface area is 165 Å². The van der Waals surface area contributed by atoms with Crippen LogP contribution in [0.4, 0.5) is 5.69 Å². The molecule has 1 amide bonds. The van der Waals surface area contributed by atoms with Gasteiger partial charge in [-0.25, -0.2) is 0 Å². The molecule has 3 heterocycles. The minimum absolute atomic E-state index is 0.0135. The van der Waals surface area contributed by atoms with Gasteiger partial charge in [0, 0.05) is 36.0 Å². The molecular weight excluding hydrogens is 374 g/mol. The molecule has 0 fully saturated rings. The Bertz CT molecular complexity index is 1120. The van der Waals surface area contributed by atoms with E-state index in [-0.39, 0.29) is 11.8 Å². The molecule has 0 saturated carbocycles. The fraction of sp³-hybridized carbons (Fsp3) is 0.200. The molecule has 0 spiro atoms. The zero-order valence-corrected chi connectivity index (χ0v) is 15.7. The number of aromatic nitrogens is 4. The van der Waals surface area contributed by atoms with Crippen LogP contribution in [-0.2, 0) is 11.3 Å². The first-order valence-electron chi connectivity index (χ1n) is 9.03. The van der Waals surface area contributed by atoms with E-state index in [9.17, 15) is 4.79 Å². The van der Waals surface area contributed by atoms with Crippen molar-refractivity contribution in [3.63, 3.8) is 0 Å². The molecule has 5 rings (SSSR count). The molecule has 0 saturated heterocycles. The summed E-state index contributed by atoms with van der Waals surface area (Å²) in [7, 11) is 0. The third-order valence-corrected chi connectivity index (χ3v) is 5.45. The number of nitrogens with one attached hydrogen (secondary N) is 1. The average molecular weight is 391 g/mol. The van der Waals surface area contributed by atoms with Crippen molar-refractivity contribution in [2.24, 2.45) is 0 Å². The molecule has 140 valence electrons. The van der Waals surface area contributed by atoms with Crippen molar-refractivity contribution < 1.29 is 9.53 Å². The van der Waals surface area contributed by atoms with Crippen LogP contribution in [0.5, 0.6) is 5.75 Å². The van der Waals surface area contributed by atoms with E-state index in [4.69, 9.17) is 4.74 Å². The highest BCUT2D eigenvalue weighted by Gasteiger charge is 2.29. The van der Waals surface area contributed by atoms with Gasteiger partial charge in [0.25, 0.3) is 0 Å². The number of carbonyl (C=O) groups is 1. The summed E-state index contributed by atoms with van der Waals surface area (Å²) in [6.07, 6.45) is 4.05. The average Bonchev–Trinajstić information content (AvgIpc) is 3.39. The molecule has 1 N–H and O–H groups in total. The van der Waals surface area contributed by atoms with Gasteiger partial charge < -0.3 is 10.1 Å². The van der Waals surface area contributed by atoms with Crippen LogP contribution < -0.4 is 10.1 Å². The van der Waals surface area contributed by atoms with Gasteiger partial charge in [-0.15, -0.1) is 0 Å². The second kappa shape index (κ2) is 7.05. The highest BCUT2D eigenvalue weighted by Crippen LogP contribution is 2.41. The number of rotatable bonds is 5. The summed E-state index contributed by atoms with van der Waals surface area (Å²) >= 11 is 1.19. The van der Waals surface area contributed by atoms with Crippen LogP contribution in [0.3, 0.4) is 0 Å². The number of benzene rings is 2. The van der Waals surface area contributed by atoms with E-state index in [1.807, 2.05) is 53.3 Å². The highest BCUT2D eigenvalue weighted by molar-refractivity contribution is 7.00. The van der Waals surface area contributed by atoms with E-state index < -0.39 is 0 Å². The number of ether oxygens (including phenoxy) is 1. The fourth-order valence-corrected chi connectivity index (χ4v) is 4.14. The maximum Gasteiger partial charge on any atom is 0.225 e. The van der Waals surface area contributed by atoms with Gasteiger partial charge in [-0.05, 0) is 35.9 Å². The van der Waals surface area contributed by atoms with Gasteiger partial charge in [0.2, 0.25) is 5.91 Å². The molecule has 1 aliphatic rings. The lowest BCUT2D eigenvalue weighted by atomic mass is 9.84. The first-order chi connectivity index (χ1) is 13.8. The Hall–Kier alpha value is -3.26. The Morgan fingerprint density at radius 2 is 2.07 bits per heavy atom. The smallest absolute Gasteiger partial charge is 0.225 e. The maximum atomic E-state index is 12.2. The van der Waals surface area contributed by atoms with Gasteiger partial charge in [0.05, 0.1) is 18.3 Å². The number of hydrogen-bond acceptors (Lipinski definition) is 6. The fourth-order valence-electron chi connectivity index (χ4n) is 3.59. The van der Waals surface area contributed by atoms with Crippen LogP contribution in [-0.4, -0.2) is 31.0 Å². The number of fused-ring (bicyclic) bond motifs is 3. The summed E-state index contributed by atoms with van der Waals surface area (Å²) in [5, 5.41) is 7.12. The molecule has 1 atom stereocenters. The third kappa shape index (κ3) is 3.11. The third-order valence-electron chi connectivity index (χ3n) is 4.91. The number of nitrogens with zero attached hydrogens (tertiary/aromatic N) is 4. The molecule has 4 aromatic rings. The van der Waals surface area contributed by atoms with Crippen molar-refractivity contribution in [2.75, 3.05) is 11.9 Å². The van der Waals surface area contributed by atoms with E-state index in [1.54, 1.807) is 6.20 Å². The molecule has 7 nitrogen and oxygen atoms in total. The largest absolute Gasteiger partial charge is 0.492 e. The number of hydrogen-bond donors (Lipinski definition) is 1. The second-order valence-corrected chi connectivity index (χ2v) is 7.18. The van der Waals surface area contributed by atoms with E-state index in [0.29, 0.717) is 19.6 Å². The van der Waals surface area contributed by atoms with Crippen molar-refractivity contribution >= 4 is 34.4 Å². The summed E-state index contributed by atoms with van der Waals surface area (Å²) in [6.45, 7) is 1.24. The molecule has 0 radical (unpaired) electrons. The van der Waals surface area contributed by atoms with Gasteiger partial charge >= 0.3 is 0 Å². The van der Waals surface area contributed by atoms with Crippen molar-refractivity contribution in [2.45, 2.75) is 18.9 Å². The molecule has 1 aliphatic heterocycles. The standard InChI is InChI=1S/C20H17N5O2S/c26-18-12-15(19-16(22-18)6-7-17-20(19)24-28-23-17)13-2-4-14(5-3-13)27-11-10-25-9-1-8-21-25/h1-9,15H,10-12H2,(H,22,26). The molecule has 8 heteroatoms. The van der Waals surface area contributed by atoms with Crippen LogP contribution in [0.1, 0.15) is 23.5 Å². The Balaban J connectivity index is 1.39. The summed E-state index contributed by atoms with van der Waals surface area (Å²) in [5.41, 5.74) is 4.66. The van der Waals surface area contributed by atoms with Gasteiger partial charge in [0.15, 0.2) is 0 Å². The Morgan fingerprint density at radius 1 is 1.18 bits per heavy atom. The number of anilines is 1. The summed E-state index contributed by atoms with van der Waals surface area (Å²) in [4.78, 5) is 12.2. The van der Waals surface area contributed by atoms with Gasteiger partial charge in [-0.1, -0.05) is 12.1 Å². The second-order valence-electron chi connectivity index (χ2n) is 6.65. The van der Waals surface area contributed by atoms with Crippen LogP contribution in [0.25, 0.3) is 11.0 Å². The van der Waals surface area contributed by atoms with Crippen LogP contribution in [0.15, 0.2) is 54.9 Å². The Kier molecular flexibility index (Phi) is 4.25. The topological polar surface area (TPSA) is 81.9 Å². The highest BCUT2D eigenvalue weighted by atomic mass is 32.1. The van der Waals surface area contributed by atoms with Gasteiger partial charge in [0.1, 0.15) is 23.4 Å². The van der Waals surface area contributed by atoms with Crippen molar-refractivity contribution in [3.05, 3.63) is 66.0 Å². The first kappa shape index (κ1) is 16.9. The molecule has 0 bridgehead atoms. The molecule has 1 unspecified atom stereocenters. The van der Waals surface area contributed by atoms with Gasteiger partial charge in [-0.3, -0.25) is 9.48 Å². The first-order valence-corrected chi connectivity index (χ1v) is 9.76. The summed E-state index contributed by atoms with van der Waals surface area (Å²) in [5.74, 6) is 0.763. The lowest BCUT2D eigenvalue weighted by Crippen LogP contribution is -2.23. The lowest BCUT2D eigenvalue weighted by Gasteiger charge is -2.26. The predicted molar refractivity (Wildman–Crippen MR) is 107 cm³/mol. The van der Waals surface area contributed by atoms with Crippen molar-refractivity contribution in [1.29, 1.82) is 0 Å². The number of amides is 1. The van der Waals surface area contributed by atoms with Crippen LogP contribution >= 0.6 is 11.7 Å². The summed E-state index contributed by atoms with van der Waals surface area (Å²) in [6, 6.07) is 13.6. The minimum Gasteiger partial charge on any atom is -0.492 e. The van der Waals surface area contributed by atoms with E-state index in [1.165, 1.54) is 11.7 Å². The zero-order chi connectivity index (χ0) is 18.9. The quantitative estimate of drug-likeness (QED) is 0.564. The van der Waals surface area contributed by atoms with Gasteiger partial charge in [-0.2, -0.15) is 13.8 Å². The van der Waals surface area contributed by atoms with Crippen LogP contribution in [0.2, 0.25) is 0 Å². The van der Waals surface area contributed by atoms with Crippen LogP contribution in [0, 0.1) is 0 Å². The maximum absolute atomic E-state index is 12.2. The predicted octanol–water partition coefficient (Wildman–Crippen LogP) is 3.44. The monoisotopic (exact) mass is 391 g/mol. The normalized spacial score (nSPS) is 16.0. The molecule has 28 heavy (non-hydrogen) atoms. The SMILES string of the molecule is O=C1CC(c2ccc(OCCn3cccn3)cc2)c2c(ccc3nsnc23)N1. The zero-order valence-electron chi connectivity index (χ0n) is 14.9. The number of carbonyl (C=O) groups excluding carboxylic acids is 1. The van der Waals surface area contributed by atoms with E-state index >= 15 is 0 Å². The lowest BCUT2D eigenvalue weighted by molar-refractivity contribution is -0.116.